The molecule has 1 fully saturated rings. The van der Waals surface area contributed by atoms with E-state index < -0.39 is 36.0 Å². The van der Waals surface area contributed by atoms with Gasteiger partial charge in [0.2, 0.25) is 0 Å². The maximum Gasteiger partial charge on any atom is 0.407 e. The number of hydrogen-bond acceptors (Lipinski definition) is 8. The Hall–Kier alpha value is -2.85. The smallest absolute Gasteiger partial charge is 0.407 e. The number of carbonyl (C=O) groups is 5. The van der Waals surface area contributed by atoms with Crippen molar-refractivity contribution in [3.63, 3.8) is 0 Å². The van der Waals surface area contributed by atoms with Gasteiger partial charge in [0.1, 0.15) is 6.04 Å². The van der Waals surface area contributed by atoms with Crippen molar-refractivity contribution in [2.24, 2.45) is 0 Å². The van der Waals surface area contributed by atoms with Gasteiger partial charge in [0, 0.05) is 19.4 Å². The molecule has 2 N–H and O–H groups in total. The molecule has 0 aliphatic carbocycles. The minimum absolute atomic E-state index is 0.0374. The van der Waals surface area contributed by atoms with Gasteiger partial charge in [0.15, 0.2) is 0 Å². The van der Waals surface area contributed by atoms with Crippen LogP contribution in [0, 0.1) is 0 Å². The molecule has 1 atom stereocenters. The van der Waals surface area contributed by atoms with Crippen LogP contribution in [0.2, 0.25) is 0 Å². The van der Waals surface area contributed by atoms with Crippen LogP contribution in [-0.4, -0.2) is 61.8 Å². The monoisotopic (exact) mass is 345 g/mol. The summed E-state index contributed by atoms with van der Waals surface area (Å²) in [5.74, 6) is -2.24. The molecule has 4 amide bonds. The highest BCUT2D eigenvalue weighted by Gasteiger charge is 2.35. The lowest BCUT2D eigenvalue weighted by Crippen LogP contribution is -2.45. The lowest BCUT2D eigenvalue weighted by molar-refractivity contribution is -0.199. The summed E-state index contributed by atoms with van der Waals surface area (Å²) in [7, 11) is 2.32. The van der Waals surface area contributed by atoms with E-state index >= 15 is 0 Å². The third kappa shape index (κ3) is 5.74. The molecule has 0 aromatic heterocycles. The SMILES string of the molecule is COC(=O)NCCCC(NC(=O)OC)C(=O)ON1C(=O)CCC1=O. The summed E-state index contributed by atoms with van der Waals surface area (Å²) in [6.45, 7) is 0.181. The molecule has 134 valence electrons. The number of nitrogens with one attached hydrogen (secondary N) is 2. The number of imide groups is 1. The predicted octanol–water partition coefficient (Wildman–Crippen LogP) is -0.546. The molecule has 0 aromatic rings. The highest BCUT2D eigenvalue weighted by Crippen LogP contribution is 2.13. The Morgan fingerprint density at radius 2 is 1.67 bits per heavy atom. The molecular weight excluding hydrogens is 326 g/mol. The lowest BCUT2D eigenvalue weighted by Gasteiger charge is -2.19. The van der Waals surface area contributed by atoms with Gasteiger partial charge in [-0.3, -0.25) is 9.59 Å². The zero-order valence-corrected chi connectivity index (χ0v) is 13.3. The molecule has 11 heteroatoms. The Labute approximate surface area is 137 Å². The van der Waals surface area contributed by atoms with Crippen LogP contribution in [0.5, 0.6) is 0 Å². The summed E-state index contributed by atoms with van der Waals surface area (Å²) in [5.41, 5.74) is 0. The highest BCUT2D eigenvalue weighted by molar-refractivity contribution is 6.01. The fraction of sp³-hybridized carbons (Fsp3) is 0.615. The number of carbonyl (C=O) groups excluding carboxylic acids is 5. The molecule has 1 rings (SSSR count). The van der Waals surface area contributed by atoms with Crippen LogP contribution in [0.25, 0.3) is 0 Å². The standard InChI is InChI=1S/C13H19N3O8/c1-22-12(20)14-7-3-4-8(15-13(21)23-2)11(19)24-16-9(17)5-6-10(16)18/h8H,3-7H2,1-2H3,(H,14,20)(H,15,21). The van der Waals surface area contributed by atoms with E-state index in [1.807, 2.05) is 0 Å². The van der Waals surface area contributed by atoms with Crippen LogP contribution in [-0.2, 0) is 28.7 Å². The molecule has 0 bridgehead atoms. The number of hydrogen-bond donors (Lipinski definition) is 2. The van der Waals surface area contributed by atoms with Gasteiger partial charge in [-0.05, 0) is 12.8 Å². The van der Waals surface area contributed by atoms with E-state index in [1.54, 1.807) is 0 Å². The first-order chi connectivity index (χ1) is 11.4. The number of amides is 4. The summed E-state index contributed by atoms with van der Waals surface area (Å²) in [6.07, 6.45) is -1.22. The van der Waals surface area contributed by atoms with Crippen molar-refractivity contribution in [1.82, 2.24) is 15.7 Å². The Bertz CT molecular complexity index is 505. The molecule has 0 saturated carbocycles. The summed E-state index contributed by atoms with van der Waals surface area (Å²) in [5, 5.41) is 5.04. The Balaban J connectivity index is 2.58. The van der Waals surface area contributed by atoms with Crippen molar-refractivity contribution in [3.8, 4) is 0 Å². The van der Waals surface area contributed by atoms with Crippen molar-refractivity contribution < 1.29 is 38.3 Å². The van der Waals surface area contributed by atoms with Gasteiger partial charge in [-0.15, -0.1) is 5.06 Å². The number of ether oxygens (including phenoxy) is 2. The van der Waals surface area contributed by atoms with Crippen LogP contribution in [0.4, 0.5) is 9.59 Å². The summed E-state index contributed by atoms with van der Waals surface area (Å²) in [4.78, 5) is 61.9. The molecule has 0 spiro atoms. The molecule has 1 saturated heterocycles. The van der Waals surface area contributed by atoms with Crippen molar-refractivity contribution in [2.45, 2.75) is 31.7 Å². The van der Waals surface area contributed by atoms with Gasteiger partial charge in [-0.1, -0.05) is 0 Å². The van der Waals surface area contributed by atoms with E-state index in [2.05, 4.69) is 20.1 Å². The van der Waals surface area contributed by atoms with E-state index in [0.717, 1.165) is 7.11 Å². The van der Waals surface area contributed by atoms with Gasteiger partial charge >= 0.3 is 18.2 Å². The fourth-order valence-corrected chi connectivity index (χ4v) is 1.83. The minimum Gasteiger partial charge on any atom is -0.453 e. The number of nitrogens with zero attached hydrogens (tertiary/aromatic N) is 1. The van der Waals surface area contributed by atoms with Crippen LogP contribution < -0.4 is 10.6 Å². The van der Waals surface area contributed by atoms with Crippen LogP contribution >= 0.6 is 0 Å². The third-order valence-electron chi connectivity index (χ3n) is 3.07. The number of methoxy groups -OCH3 is 2. The predicted molar refractivity (Wildman–Crippen MR) is 76.1 cm³/mol. The van der Waals surface area contributed by atoms with E-state index in [1.165, 1.54) is 7.11 Å². The normalized spacial score (nSPS) is 14.8. The quantitative estimate of drug-likeness (QED) is 0.463. The van der Waals surface area contributed by atoms with Gasteiger partial charge in [-0.25, -0.2) is 14.4 Å². The molecule has 0 aromatic carbocycles. The van der Waals surface area contributed by atoms with E-state index in [-0.39, 0.29) is 25.8 Å². The van der Waals surface area contributed by atoms with Gasteiger partial charge < -0.3 is 24.9 Å². The van der Waals surface area contributed by atoms with Gasteiger partial charge in [0.25, 0.3) is 11.8 Å². The first-order valence-corrected chi connectivity index (χ1v) is 7.13. The van der Waals surface area contributed by atoms with Crippen LogP contribution in [0.3, 0.4) is 0 Å². The Morgan fingerprint density at radius 3 is 2.21 bits per heavy atom. The maximum atomic E-state index is 12.1. The molecule has 1 heterocycles. The highest BCUT2D eigenvalue weighted by atomic mass is 16.7. The van der Waals surface area contributed by atoms with E-state index in [0.29, 0.717) is 11.5 Å². The third-order valence-corrected chi connectivity index (χ3v) is 3.07. The lowest BCUT2D eigenvalue weighted by atomic mass is 10.1. The molecule has 1 aliphatic heterocycles. The zero-order chi connectivity index (χ0) is 18.1. The van der Waals surface area contributed by atoms with Crippen LogP contribution in [0.15, 0.2) is 0 Å². The fourth-order valence-electron chi connectivity index (χ4n) is 1.83. The summed E-state index contributed by atoms with van der Waals surface area (Å²) < 4.78 is 8.80. The second kappa shape index (κ2) is 9.33. The zero-order valence-electron chi connectivity index (χ0n) is 13.3. The first-order valence-electron chi connectivity index (χ1n) is 7.13. The largest absolute Gasteiger partial charge is 0.453 e. The summed E-state index contributed by atoms with van der Waals surface area (Å²) in [6, 6.07) is -1.15. The topological polar surface area (TPSA) is 140 Å². The van der Waals surface area contributed by atoms with Crippen molar-refractivity contribution >= 4 is 30.0 Å². The first kappa shape index (κ1) is 19.2. The second-order valence-corrected chi connectivity index (χ2v) is 4.74. The van der Waals surface area contributed by atoms with E-state index in [4.69, 9.17) is 4.84 Å². The number of hydroxylamine groups is 2. The number of rotatable bonds is 7. The maximum absolute atomic E-state index is 12.1. The van der Waals surface area contributed by atoms with Crippen molar-refractivity contribution in [1.29, 1.82) is 0 Å². The molecule has 1 aliphatic rings. The molecular formula is C13H19N3O8. The van der Waals surface area contributed by atoms with Crippen molar-refractivity contribution in [3.05, 3.63) is 0 Å². The molecule has 24 heavy (non-hydrogen) atoms. The second-order valence-electron chi connectivity index (χ2n) is 4.74. The molecule has 0 radical (unpaired) electrons. The Kier molecular flexibility index (Phi) is 7.46. The molecule has 11 nitrogen and oxygen atoms in total. The Morgan fingerprint density at radius 1 is 1.08 bits per heavy atom. The van der Waals surface area contributed by atoms with Crippen molar-refractivity contribution in [2.75, 3.05) is 20.8 Å². The number of alkyl carbamates (subject to hydrolysis) is 2. The van der Waals surface area contributed by atoms with Gasteiger partial charge in [-0.2, -0.15) is 0 Å². The average molecular weight is 345 g/mol. The van der Waals surface area contributed by atoms with Gasteiger partial charge in [0.05, 0.1) is 14.2 Å². The molecule has 1 unspecified atom stereocenters. The minimum atomic E-state index is -1.15. The average Bonchev–Trinajstić information content (AvgIpc) is 2.88. The summed E-state index contributed by atoms with van der Waals surface area (Å²) >= 11 is 0. The van der Waals surface area contributed by atoms with Crippen LogP contribution in [0.1, 0.15) is 25.7 Å². The van der Waals surface area contributed by atoms with E-state index in [9.17, 15) is 24.0 Å².